The maximum atomic E-state index is 5.78. The van der Waals surface area contributed by atoms with E-state index in [1.807, 2.05) is 30.3 Å². The molecule has 2 aliphatic rings. The highest BCUT2D eigenvalue weighted by atomic mass is 17.2. The Balaban J connectivity index is 1.86. The van der Waals surface area contributed by atoms with Gasteiger partial charge < -0.3 is 9.47 Å². The van der Waals surface area contributed by atoms with E-state index < -0.39 is 5.79 Å². The van der Waals surface area contributed by atoms with Crippen LogP contribution >= 0.6 is 0 Å². The molecule has 0 saturated heterocycles. The van der Waals surface area contributed by atoms with Gasteiger partial charge in [-0.2, -0.15) is 4.89 Å². The SMILES string of the molecule is COc1ccc([C@]2(OC)C=CC3(CCCCC3)OO2)cc1. The molecule has 1 aliphatic heterocycles. The van der Waals surface area contributed by atoms with Gasteiger partial charge >= 0.3 is 0 Å². The Morgan fingerprint density at radius 1 is 0.905 bits per heavy atom. The molecule has 1 spiro atoms. The molecule has 114 valence electrons. The quantitative estimate of drug-likeness (QED) is 0.628. The Kier molecular flexibility index (Phi) is 4.02. The molecule has 1 fully saturated rings. The van der Waals surface area contributed by atoms with Crippen molar-refractivity contribution in [1.29, 1.82) is 0 Å². The van der Waals surface area contributed by atoms with Crippen molar-refractivity contribution in [2.75, 3.05) is 14.2 Å². The van der Waals surface area contributed by atoms with Crippen LogP contribution in [0, 0.1) is 0 Å². The van der Waals surface area contributed by atoms with Gasteiger partial charge in [0.2, 0.25) is 5.79 Å². The highest BCUT2D eigenvalue weighted by molar-refractivity contribution is 5.33. The zero-order chi connectivity index (χ0) is 14.8. The minimum Gasteiger partial charge on any atom is -0.497 e. The largest absolute Gasteiger partial charge is 0.497 e. The van der Waals surface area contributed by atoms with Gasteiger partial charge in [-0.15, -0.1) is 0 Å². The lowest BCUT2D eigenvalue weighted by Gasteiger charge is -2.41. The first-order valence-electron chi connectivity index (χ1n) is 7.49. The van der Waals surface area contributed by atoms with E-state index in [2.05, 4.69) is 6.08 Å². The van der Waals surface area contributed by atoms with Crippen molar-refractivity contribution in [1.82, 2.24) is 0 Å². The molecule has 1 aromatic carbocycles. The number of methoxy groups -OCH3 is 2. The first kappa shape index (κ1) is 14.6. The fourth-order valence-corrected chi connectivity index (χ4v) is 3.05. The third kappa shape index (κ3) is 2.71. The lowest BCUT2D eigenvalue weighted by molar-refractivity contribution is -0.459. The summed E-state index contributed by atoms with van der Waals surface area (Å²) in [6.45, 7) is 0. The summed E-state index contributed by atoms with van der Waals surface area (Å²) in [5.74, 6) is -0.177. The van der Waals surface area contributed by atoms with Crippen molar-refractivity contribution in [2.45, 2.75) is 43.5 Å². The van der Waals surface area contributed by atoms with Crippen LogP contribution in [-0.2, 0) is 20.3 Å². The van der Waals surface area contributed by atoms with Gasteiger partial charge in [-0.1, -0.05) is 19.3 Å². The maximum absolute atomic E-state index is 5.78. The van der Waals surface area contributed by atoms with Gasteiger partial charge in [0, 0.05) is 12.7 Å². The molecule has 1 atom stereocenters. The molecule has 0 N–H and O–H groups in total. The Bertz CT molecular complexity index is 502. The predicted octanol–water partition coefficient (Wildman–Crippen LogP) is 3.72. The van der Waals surface area contributed by atoms with Gasteiger partial charge in [0.1, 0.15) is 11.4 Å². The molecule has 4 heteroatoms. The van der Waals surface area contributed by atoms with E-state index in [-0.39, 0.29) is 5.60 Å². The molecule has 3 rings (SSSR count). The van der Waals surface area contributed by atoms with E-state index in [4.69, 9.17) is 19.2 Å². The summed E-state index contributed by atoms with van der Waals surface area (Å²) >= 11 is 0. The summed E-state index contributed by atoms with van der Waals surface area (Å²) in [7, 11) is 3.27. The molecular formula is C17H22O4. The first-order chi connectivity index (χ1) is 10.2. The molecule has 1 aromatic rings. The summed E-state index contributed by atoms with van der Waals surface area (Å²) < 4.78 is 10.8. The van der Waals surface area contributed by atoms with Crippen LogP contribution in [0.5, 0.6) is 5.75 Å². The highest BCUT2D eigenvalue weighted by Crippen LogP contribution is 2.42. The molecule has 4 nitrogen and oxygen atoms in total. The molecule has 0 aromatic heterocycles. The highest BCUT2D eigenvalue weighted by Gasteiger charge is 2.43. The lowest BCUT2D eigenvalue weighted by Crippen LogP contribution is -2.43. The van der Waals surface area contributed by atoms with Crippen LogP contribution in [0.25, 0.3) is 0 Å². The van der Waals surface area contributed by atoms with Gasteiger partial charge in [-0.05, 0) is 49.3 Å². The summed E-state index contributed by atoms with van der Waals surface area (Å²) in [6.07, 6.45) is 9.73. The number of hydrogen-bond donors (Lipinski definition) is 0. The van der Waals surface area contributed by atoms with Crippen molar-refractivity contribution in [2.24, 2.45) is 0 Å². The van der Waals surface area contributed by atoms with Crippen LogP contribution in [0.2, 0.25) is 0 Å². The number of rotatable bonds is 3. The van der Waals surface area contributed by atoms with E-state index in [1.54, 1.807) is 14.2 Å². The molecule has 0 bridgehead atoms. The second-order valence-electron chi connectivity index (χ2n) is 5.73. The van der Waals surface area contributed by atoms with E-state index >= 15 is 0 Å². The fourth-order valence-electron chi connectivity index (χ4n) is 3.05. The Morgan fingerprint density at radius 2 is 1.62 bits per heavy atom. The van der Waals surface area contributed by atoms with Crippen molar-refractivity contribution >= 4 is 0 Å². The smallest absolute Gasteiger partial charge is 0.246 e. The van der Waals surface area contributed by atoms with Gasteiger partial charge in [0.25, 0.3) is 0 Å². The van der Waals surface area contributed by atoms with Crippen LogP contribution in [0.15, 0.2) is 36.4 Å². The second-order valence-corrected chi connectivity index (χ2v) is 5.73. The zero-order valence-electron chi connectivity index (χ0n) is 12.6. The van der Waals surface area contributed by atoms with E-state index in [9.17, 15) is 0 Å². The van der Waals surface area contributed by atoms with Crippen molar-refractivity contribution in [3.8, 4) is 5.75 Å². The summed E-state index contributed by atoms with van der Waals surface area (Å²) in [4.78, 5) is 11.5. The van der Waals surface area contributed by atoms with Crippen LogP contribution in [-0.4, -0.2) is 19.8 Å². The van der Waals surface area contributed by atoms with Gasteiger partial charge in [0.05, 0.1) is 7.11 Å². The second kappa shape index (κ2) is 5.79. The van der Waals surface area contributed by atoms with Crippen molar-refractivity contribution in [3.05, 3.63) is 42.0 Å². The Morgan fingerprint density at radius 3 is 2.14 bits per heavy atom. The van der Waals surface area contributed by atoms with E-state index in [1.165, 1.54) is 19.3 Å². The minimum absolute atomic E-state index is 0.271. The third-order valence-electron chi connectivity index (χ3n) is 4.43. The number of benzene rings is 1. The zero-order valence-corrected chi connectivity index (χ0v) is 12.6. The number of ether oxygens (including phenoxy) is 2. The maximum Gasteiger partial charge on any atom is 0.246 e. The lowest BCUT2D eigenvalue weighted by atomic mass is 9.83. The topological polar surface area (TPSA) is 36.9 Å². The van der Waals surface area contributed by atoms with Crippen LogP contribution in [0.3, 0.4) is 0 Å². The number of hydrogen-bond acceptors (Lipinski definition) is 4. The van der Waals surface area contributed by atoms with Crippen LogP contribution < -0.4 is 4.74 Å². The molecule has 0 amide bonds. The first-order valence-corrected chi connectivity index (χ1v) is 7.49. The molecule has 1 saturated carbocycles. The molecule has 0 radical (unpaired) electrons. The van der Waals surface area contributed by atoms with E-state index in [0.29, 0.717) is 0 Å². The minimum atomic E-state index is -0.977. The summed E-state index contributed by atoms with van der Waals surface area (Å²) in [5, 5.41) is 0. The van der Waals surface area contributed by atoms with Crippen molar-refractivity contribution < 1.29 is 19.2 Å². The average molecular weight is 290 g/mol. The summed E-state index contributed by atoms with van der Waals surface area (Å²) in [5.41, 5.74) is 0.611. The molecule has 1 aliphatic carbocycles. The third-order valence-corrected chi connectivity index (χ3v) is 4.43. The fraction of sp³-hybridized carbons (Fsp3) is 0.529. The van der Waals surface area contributed by atoms with Gasteiger partial charge in [-0.3, -0.25) is 0 Å². The monoisotopic (exact) mass is 290 g/mol. The summed E-state index contributed by atoms with van der Waals surface area (Å²) in [6, 6.07) is 7.63. The normalized spacial score (nSPS) is 27.7. The molecular weight excluding hydrogens is 268 g/mol. The Labute approximate surface area is 125 Å². The molecule has 1 heterocycles. The van der Waals surface area contributed by atoms with Gasteiger partial charge in [0.15, 0.2) is 0 Å². The van der Waals surface area contributed by atoms with Crippen LogP contribution in [0.4, 0.5) is 0 Å². The Hall–Kier alpha value is -1.36. The van der Waals surface area contributed by atoms with E-state index in [0.717, 1.165) is 24.2 Å². The standard InChI is InChI=1S/C17H22O4/c1-18-15-8-6-14(7-9-15)17(19-2)13-12-16(20-21-17)10-4-3-5-11-16/h6-9,12-13H,3-5,10-11H2,1-2H3/t17-/m0/s1. The van der Waals surface area contributed by atoms with Crippen LogP contribution in [0.1, 0.15) is 37.7 Å². The van der Waals surface area contributed by atoms with Crippen molar-refractivity contribution in [3.63, 3.8) is 0 Å². The molecule has 0 unspecified atom stereocenters. The molecule has 21 heavy (non-hydrogen) atoms. The average Bonchev–Trinajstić information content (AvgIpc) is 2.57. The van der Waals surface area contributed by atoms with Gasteiger partial charge in [-0.25, -0.2) is 4.89 Å². The predicted molar refractivity (Wildman–Crippen MR) is 78.8 cm³/mol.